The Morgan fingerprint density at radius 1 is 1.27 bits per heavy atom. The number of pyridine rings is 1. The minimum absolute atomic E-state index is 0. The number of aromatic nitrogens is 5. The zero-order valence-corrected chi connectivity index (χ0v) is 15.9. The first-order valence-electron chi connectivity index (χ1n) is 8.56. The van der Waals surface area contributed by atoms with Crippen LogP contribution in [0.25, 0.3) is 11.0 Å². The maximum Gasteiger partial charge on any atom is 0.273 e. The average molecular weight is 379 g/mol. The van der Waals surface area contributed by atoms with Crippen molar-refractivity contribution < 1.29 is 4.52 Å². The summed E-state index contributed by atoms with van der Waals surface area (Å²) < 4.78 is 7.03. The molecule has 140 valence electrons. The van der Waals surface area contributed by atoms with Gasteiger partial charge in [-0.25, -0.2) is 4.98 Å². The second-order valence-corrected chi connectivity index (χ2v) is 7.02. The van der Waals surface area contributed by atoms with Crippen LogP contribution in [0.5, 0.6) is 0 Å². The van der Waals surface area contributed by atoms with E-state index in [0.29, 0.717) is 35.6 Å². The van der Waals surface area contributed by atoms with Crippen LogP contribution in [-0.4, -0.2) is 24.9 Å². The van der Waals surface area contributed by atoms with Crippen molar-refractivity contribution in [3.63, 3.8) is 0 Å². The van der Waals surface area contributed by atoms with Gasteiger partial charge in [0.05, 0.1) is 10.9 Å². The Bertz CT molecular complexity index is 1010. The van der Waals surface area contributed by atoms with Gasteiger partial charge in [-0.15, -0.1) is 12.4 Å². The fourth-order valence-electron chi connectivity index (χ4n) is 3.59. The lowest BCUT2D eigenvalue weighted by Gasteiger charge is -2.34. The molecule has 0 aromatic carbocycles. The van der Waals surface area contributed by atoms with E-state index in [1.165, 1.54) is 0 Å². The van der Waals surface area contributed by atoms with E-state index in [1.54, 1.807) is 11.7 Å². The van der Waals surface area contributed by atoms with Crippen molar-refractivity contribution in [3.8, 4) is 0 Å². The summed E-state index contributed by atoms with van der Waals surface area (Å²) in [6.45, 7) is 3.92. The quantitative estimate of drug-likeness (QED) is 0.715. The summed E-state index contributed by atoms with van der Waals surface area (Å²) in [4.78, 5) is 21.2. The summed E-state index contributed by atoms with van der Waals surface area (Å²) >= 11 is 0. The molecule has 3 heterocycles. The van der Waals surface area contributed by atoms with E-state index in [1.807, 2.05) is 13.8 Å². The fourth-order valence-corrected chi connectivity index (χ4v) is 3.59. The Kier molecular flexibility index (Phi) is 4.66. The van der Waals surface area contributed by atoms with E-state index in [9.17, 15) is 4.79 Å². The van der Waals surface area contributed by atoms with Gasteiger partial charge in [0, 0.05) is 19.2 Å². The van der Waals surface area contributed by atoms with Gasteiger partial charge in [0.2, 0.25) is 5.89 Å². The molecule has 0 atom stereocenters. The molecule has 3 aromatic rings. The van der Waals surface area contributed by atoms with Crippen molar-refractivity contribution in [2.24, 2.45) is 12.8 Å². The van der Waals surface area contributed by atoms with E-state index in [-0.39, 0.29) is 18.0 Å². The highest BCUT2D eigenvalue weighted by Crippen LogP contribution is 2.36. The van der Waals surface area contributed by atoms with Crippen LogP contribution in [0, 0.1) is 13.8 Å². The molecule has 26 heavy (non-hydrogen) atoms. The Balaban J connectivity index is 0.00000196. The fraction of sp³-hybridized carbons (Fsp3) is 0.529. The summed E-state index contributed by atoms with van der Waals surface area (Å²) in [6, 6.07) is 0. The SMILES string of the molecule is Cc1nc2c(c(C)c1CCc1nc(C3(N)CCC3)no1)c(=O)[nH]n2C.Cl. The molecule has 1 fully saturated rings. The van der Waals surface area contributed by atoms with E-state index in [2.05, 4.69) is 20.2 Å². The standard InChI is InChI=1S/C17H22N6O2.ClH/c1-9-11(10(2)19-14-13(9)15(24)21-23(14)3)5-6-12-20-16(22-25-12)17(18)7-4-8-17;/h4-8,18H2,1-3H3,(H,21,24);1H. The Morgan fingerprint density at radius 2 is 2.00 bits per heavy atom. The van der Waals surface area contributed by atoms with Gasteiger partial charge in [0.1, 0.15) is 0 Å². The first-order chi connectivity index (χ1) is 11.9. The maximum atomic E-state index is 12.1. The molecule has 0 unspecified atom stereocenters. The lowest BCUT2D eigenvalue weighted by Crippen LogP contribution is -2.44. The number of nitrogens with zero attached hydrogens (tertiary/aromatic N) is 4. The molecular weight excluding hydrogens is 356 g/mol. The van der Waals surface area contributed by atoms with Crippen LogP contribution < -0.4 is 11.3 Å². The number of hydrogen-bond donors (Lipinski definition) is 2. The van der Waals surface area contributed by atoms with Crippen LogP contribution in [0.2, 0.25) is 0 Å². The normalized spacial score (nSPS) is 15.7. The molecule has 9 heteroatoms. The number of nitrogens with two attached hydrogens (primary N) is 1. The Labute approximate surface area is 156 Å². The van der Waals surface area contributed by atoms with Crippen molar-refractivity contribution >= 4 is 23.4 Å². The zero-order valence-electron chi connectivity index (χ0n) is 15.1. The second-order valence-electron chi connectivity index (χ2n) is 7.02. The lowest BCUT2D eigenvalue weighted by molar-refractivity contribution is 0.229. The van der Waals surface area contributed by atoms with Gasteiger partial charge in [0.15, 0.2) is 11.5 Å². The molecule has 0 amide bonds. The summed E-state index contributed by atoms with van der Waals surface area (Å²) in [5.41, 5.74) is 9.31. The van der Waals surface area contributed by atoms with Crippen LogP contribution in [0.4, 0.5) is 0 Å². The van der Waals surface area contributed by atoms with Gasteiger partial charge in [-0.1, -0.05) is 5.16 Å². The van der Waals surface area contributed by atoms with Crippen LogP contribution in [0.1, 0.15) is 47.8 Å². The summed E-state index contributed by atoms with van der Waals surface area (Å²) in [5, 5.41) is 7.45. The third-order valence-corrected chi connectivity index (χ3v) is 5.32. The molecule has 1 saturated carbocycles. The molecule has 0 spiro atoms. The summed E-state index contributed by atoms with van der Waals surface area (Å²) in [7, 11) is 1.79. The largest absolute Gasteiger partial charge is 0.339 e. The number of H-pyrrole nitrogens is 1. The highest BCUT2D eigenvalue weighted by atomic mass is 35.5. The number of aryl methyl sites for hydroxylation is 4. The van der Waals surface area contributed by atoms with Gasteiger partial charge in [-0.2, -0.15) is 4.98 Å². The van der Waals surface area contributed by atoms with Crippen molar-refractivity contribution in [2.45, 2.75) is 51.5 Å². The van der Waals surface area contributed by atoms with Crippen molar-refractivity contribution in [1.82, 2.24) is 24.9 Å². The number of nitrogens with one attached hydrogen (secondary N) is 1. The maximum absolute atomic E-state index is 12.1. The monoisotopic (exact) mass is 378 g/mol. The number of aromatic amines is 1. The van der Waals surface area contributed by atoms with Gasteiger partial charge in [-0.3, -0.25) is 14.6 Å². The molecule has 0 saturated heterocycles. The molecule has 0 radical (unpaired) electrons. The molecule has 4 rings (SSSR count). The number of hydrogen-bond acceptors (Lipinski definition) is 6. The van der Waals surface area contributed by atoms with Gasteiger partial charge in [-0.05, 0) is 50.7 Å². The Hall–Kier alpha value is -2.19. The van der Waals surface area contributed by atoms with Gasteiger partial charge >= 0.3 is 0 Å². The number of halogens is 1. The van der Waals surface area contributed by atoms with E-state index < -0.39 is 5.54 Å². The molecule has 0 aliphatic heterocycles. The second kappa shape index (κ2) is 6.51. The van der Waals surface area contributed by atoms with E-state index >= 15 is 0 Å². The van der Waals surface area contributed by atoms with Gasteiger partial charge < -0.3 is 10.3 Å². The molecule has 3 N–H and O–H groups in total. The summed E-state index contributed by atoms with van der Waals surface area (Å²) in [5.74, 6) is 1.18. The third-order valence-electron chi connectivity index (χ3n) is 5.32. The first-order valence-corrected chi connectivity index (χ1v) is 8.56. The molecule has 1 aliphatic rings. The number of rotatable bonds is 4. The van der Waals surface area contributed by atoms with E-state index in [0.717, 1.165) is 36.1 Å². The smallest absolute Gasteiger partial charge is 0.273 e. The highest BCUT2D eigenvalue weighted by Gasteiger charge is 2.38. The molecular formula is C17H23ClN6O2. The van der Waals surface area contributed by atoms with Crippen molar-refractivity contribution in [1.29, 1.82) is 0 Å². The predicted molar refractivity (Wildman–Crippen MR) is 99.5 cm³/mol. The van der Waals surface area contributed by atoms with Crippen LogP contribution >= 0.6 is 12.4 Å². The lowest BCUT2D eigenvalue weighted by atomic mass is 9.77. The Morgan fingerprint density at radius 3 is 2.65 bits per heavy atom. The third kappa shape index (κ3) is 2.83. The van der Waals surface area contributed by atoms with Crippen LogP contribution in [0.15, 0.2) is 9.32 Å². The minimum Gasteiger partial charge on any atom is -0.339 e. The first kappa shape index (κ1) is 18.6. The number of fused-ring (bicyclic) bond motifs is 1. The van der Waals surface area contributed by atoms with E-state index in [4.69, 9.17) is 10.3 Å². The predicted octanol–water partition coefficient (Wildman–Crippen LogP) is 1.81. The average Bonchev–Trinajstić information content (AvgIpc) is 3.10. The highest BCUT2D eigenvalue weighted by molar-refractivity contribution is 5.85. The summed E-state index contributed by atoms with van der Waals surface area (Å²) in [6.07, 6.45) is 4.20. The van der Waals surface area contributed by atoms with Crippen LogP contribution in [-0.2, 0) is 25.4 Å². The topological polar surface area (TPSA) is 116 Å². The van der Waals surface area contributed by atoms with Crippen molar-refractivity contribution in [2.75, 3.05) is 0 Å². The molecule has 0 bridgehead atoms. The molecule has 8 nitrogen and oxygen atoms in total. The minimum atomic E-state index is -0.411. The molecule has 1 aliphatic carbocycles. The molecule has 3 aromatic heterocycles. The van der Waals surface area contributed by atoms with Crippen LogP contribution in [0.3, 0.4) is 0 Å². The van der Waals surface area contributed by atoms with Crippen molar-refractivity contribution in [3.05, 3.63) is 38.9 Å². The zero-order chi connectivity index (χ0) is 17.8. The van der Waals surface area contributed by atoms with Gasteiger partial charge in [0.25, 0.3) is 5.56 Å².